The first-order valence-corrected chi connectivity index (χ1v) is 8.82. The summed E-state index contributed by atoms with van der Waals surface area (Å²) in [4.78, 5) is 38.4. The number of hydrogen-bond donors (Lipinski definition) is 3. The Labute approximate surface area is 146 Å². The van der Waals surface area contributed by atoms with E-state index in [0.717, 1.165) is 18.5 Å². The number of nitrogens with zero attached hydrogens (tertiary/aromatic N) is 1. The van der Waals surface area contributed by atoms with Gasteiger partial charge in [-0.3, -0.25) is 14.4 Å². The van der Waals surface area contributed by atoms with Crippen LogP contribution in [0.3, 0.4) is 0 Å². The van der Waals surface area contributed by atoms with Gasteiger partial charge in [-0.25, -0.2) is 0 Å². The predicted octanol–water partition coefficient (Wildman–Crippen LogP) is 0.829. The average Bonchev–Trinajstić information content (AvgIpc) is 3.41. The minimum Gasteiger partial charge on any atom is -0.362 e. The molecule has 7 heteroatoms. The predicted molar refractivity (Wildman–Crippen MR) is 91.9 cm³/mol. The van der Waals surface area contributed by atoms with Gasteiger partial charge >= 0.3 is 0 Å². The van der Waals surface area contributed by atoms with E-state index in [1.54, 1.807) is 11.0 Å². The van der Waals surface area contributed by atoms with Gasteiger partial charge in [0.2, 0.25) is 11.8 Å². The zero-order chi connectivity index (χ0) is 17.4. The molecule has 2 fully saturated rings. The van der Waals surface area contributed by atoms with Crippen LogP contribution in [0.2, 0.25) is 0 Å². The Kier molecular flexibility index (Phi) is 3.86. The third-order valence-corrected chi connectivity index (χ3v) is 5.10. The van der Waals surface area contributed by atoms with Gasteiger partial charge in [0.05, 0.1) is 12.1 Å². The van der Waals surface area contributed by atoms with Crippen LogP contribution in [0.25, 0.3) is 0 Å². The molecule has 1 spiro atoms. The first kappa shape index (κ1) is 15.9. The number of nitrogens with one attached hydrogen (secondary N) is 3. The van der Waals surface area contributed by atoms with Crippen LogP contribution >= 0.6 is 0 Å². The molecule has 3 N–H and O–H groups in total. The molecule has 3 amide bonds. The number of likely N-dealkylation sites (tertiary alicyclic amines) is 1. The highest BCUT2D eigenvalue weighted by molar-refractivity contribution is 6.02. The van der Waals surface area contributed by atoms with Gasteiger partial charge in [-0.15, -0.1) is 0 Å². The van der Waals surface area contributed by atoms with Crippen LogP contribution in [0.5, 0.6) is 0 Å². The molecule has 0 aromatic heterocycles. The van der Waals surface area contributed by atoms with Gasteiger partial charge in [0.1, 0.15) is 5.66 Å². The molecule has 7 nitrogen and oxygen atoms in total. The summed E-state index contributed by atoms with van der Waals surface area (Å²) in [5.74, 6) is -0.266. The van der Waals surface area contributed by atoms with E-state index in [4.69, 9.17) is 0 Å². The van der Waals surface area contributed by atoms with E-state index in [0.29, 0.717) is 31.4 Å². The summed E-state index contributed by atoms with van der Waals surface area (Å²) >= 11 is 0. The van der Waals surface area contributed by atoms with Crippen molar-refractivity contribution in [2.45, 2.75) is 43.8 Å². The smallest absolute Gasteiger partial charge is 0.255 e. The van der Waals surface area contributed by atoms with Gasteiger partial charge < -0.3 is 20.9 Å². The van der Waals surface area contributed by atoms with Crippen molar-refractivity contribution in [2.24, 2.45) is 0 Å². The van der Waals surface area contributed by atoms with Gasteiger partial charge in [-0.1, -0.05) is 12.1 Å². The van der Waals surface area contributed by atoms with E-state index in [-0.39, 0.29) is 30.3 Å². The van der Waals surface area contributed by atoms with Gasteiger partial charge in [0.25, 0.3) is 5.91 Å². The van der Waals surface area contributed by atoms with Crippen molar-refractivity contribution in [3.05, 3.63) is 29.8 Å². The second kappa shape index (κ2) is 6.06. The number of para-hydroxylation sites is 1. The molecule has 1 aromatic carbocycles. The van der Waals surface area contributed by atoms with Crippen molar-refractivity contribution >= 4 is 23.4 Å². The molecule has 1 aliphatic carbocycles. The molecule has 2 aliphatic heterocycles. The summed E-state index contributed by atoms with van der Waals surface area (Å²) in [6.07, 6.45) is 3.42. The molecule has 1 aromatic rings. The highest BCUT2D eigenvalue weighted by Gasteiger charge is 2.40. The number of carbonyl (C=O) groups excluding carboxylic acids is 3. The van der Waals surface area contributed by atoms with Crippen molar-refractivity contribution in [3.8, 4) is 0 Å². The minimum absolute atomic E-state index is 0.0438. The highest BCUT2D eigenvalue weighted by atomic mass is 16.2. The lowest BCUT2D eigenvalue weighted by Crippen LogP contribution is -2.58. The molecule has 1 atom stereocenters. The maximum absolute atomic E-state index is 12.4. The fourth-order valence-electron chi connectivity index (χ4n) is 3.51. The molecule has 4 rings (SSSR count). The zero-order valence-electron chi connectivity index (χ0n) is 14.0. The molecule has 1 saturated carbocycles. The first-order valence-electron chi connectivity index (χ1n) is 8.82. The lowest BCUT2D eigenvalue weighted by molar-refractivity contribution is -0.135. The Morgan fingerprint density at radius 3 is 2.80 bits per heavy atom. The number of rotatable bonds is 3. The maximum atomic E-state index is 12.4. The normalized spacial score (nSPS) is 25.7. The van der Waals surface area contributed by atoms with Crippen molar-refractivity contribution in [1.29, 1.82) is 0 Å². The Morgan fingerprint density at radius 1 is 1.20 bits per heavy atom. The summed E-state index contributed by atoms with van der Waals surface area (Å²) in [6.45, 7) is 0.530. The number of hydrogen-bond acceptors (Lipinski definition) is 4. The SMILES string of the molecule is O=C(CN1CCC2(CCC1=O)NC(=O)c1ccccc1N2)NC1CC1. The first-order chi connectivity index (χ1) is 12.0. The van der Waals surface area contributed by atoms with Crippen LogP contribution in [0, 0.1) is 0 Å². The average molecular weight is 342 g/mol. The van der Waals surface area contributed by atoms with Gasteiger partial charge in [-0.05, 0) is 31.4 Å². The van der Waals surface area contributed by atoms with Crippen LogP contribution < -0.4 is 16.0 Å². The summed E-state index contributed by atoms with van der Waals surface area (Å²) in [5.41, 5.74) is 0.769. The fourth-order valence-corrected chi connectivity index (χ4v) is 3.51. The molecule has 0 bridgehead atoms. The number of carbonyl (C=O) groups is 3. The molecular weight excluding hydrogens is 320 g/mol. The third kappa shape index (κ3) is 3.31. The van der Waals surface area contributed by atoms with Crippen molar-refractivity contribution in [1.82, 2.24) is 15.5 Å². The summed E-state index contributed by atoms with van der Waals surface area (Å²) < 4.78 is 0. The van der Waals surface area contributed by atoms with Gasteiger partial charge in [0.15, 0.2) is 0 Å². The van der Waals surface area contributed by atoms with E-state index >= 15 is 0 Å². The molecule has 1 unspecified atom stereocenters. The molecule has 1 saturated heterocycles. The highest BCUT2D eigenvalue weighted by Crippen LogP contribution is 2.31. The van der Waals surface area contributed by atoms with E-state index in [1.165, 1.54) is 0 Å². The van der Waals surface area contributed by atoms with Crippen LogP contribution in [-0.4, -0.2) is 47.4 Å². The zero-order valence-corrected chi connectivity index (χ0v) is 14.0. The van der Waals surface area contributed by atoms with Crippen molar-refractivity contribution in [2.75, 3.05) is 18.4 Å². The van der Waals surface area contributed by atoms with Crippen LogP contribution in [0.1, 0.15) is 42.5 Å². The molecule has 2 heterocycles. The lowest BCUT2D eigenvalue weighted by atomic mass is 9.95. The molecule has 25 heavy (non-hydrogen) atoms. The molecule has 3 aliphatic rings. The van der Waals surface area contributed by atoms with Crippen LogP contribution in [-0.2, 0) is 9.59 Å². The summed E-state index contributed by atoms with van der Waals surface area (Å²) in [5, 5.41) is 9.36. The Balaban J connectivity index is 1.46. The summed E-state index contributed by atoms with van der Waals surface area (Å²) in [6, 6.07) is 7.66. The molecule has 132 valence electrons. The number of benzene rings is 1. The topological polar surface area (TPSA) is 90.5 Å². The molecule has 0 radical (unpaired) electrons. The van der Waals surface area contributed by atoms with Gasteiger partial charge in [-0.2, -0.15) is 0 Å². The Hall–Kier alpha value is -2.57. The van der Waals surface area contributed by atoms with Crippen LogP contribution in [0.15, 0.2) is 24.3 Å². The second-order valence-corrected chi connectivity index (χ2v) is 7.11. The minimum atomic E-state index is -0.636. The Bertz CT molecular complexity index is 731. The lowest BCUT2D eigenvalue weighted by Gasteiger charge is -2.39. The summed E-state index contributed by atoms with van der Waals surface area (Å²) in [7, 11) is 0. The maximum Gasteiger partial charge on any atom is 0.255 e. The Morgan fingerprint density at radius 2 is 2.00 bits per heavy atom. The van der Waals surface area contributed by atoms with Crippen molar-refractivity contribution < 1.29 is 14.4 Å². The largest absolute Gasteiger partial charge is 0.362 e. The van der Waals surface area contributed by atoms with Crippen molar-refractivity contribution in [3.63, 3.8) is 0 Å². The van der Waals surface area contributed by atoms with E-state index in [9.17, 15) is 14.4 Å². The standard InChI is InChI=1S/C18H22N4O3/c23-15(19-12-5-6-12)11-22-10-9-18(8-7-16(22)24)20-14-4-2-1-3-13(14)17(25)21-18/h1-4,12,20H,5-11H2,(H,19,23)(H,21,25). The number of amides is 3. The quantitative estimate of drug-likeness (QED) is 0.759. The van der Waals surface area contributed by atoms with E-state index in [1.807, 2.05) is 18.2 Å². The third-order valence-electron chi connectivity index (χ3n) is 5.10. The monoisotopic (exact) mass is 342 g/mol. The van der Waals surface area contributed by atoms with E-state index < -0.39 is 5.66 Å². The second-order valence-electron chi connectivity index (χ2n) is 7.11. The van der Waals surface area contributed by atoms with Gasteiger partial charge in [0, 0.05) is 31.1 Å². The van der Waals surface area contributed by atoms with E-state index in [2.05, 4.69) is 16.0 Å². The van der Waals surface area contributed by atoms with Crippen LogP contribution in [0.4, 0.5) is 5.69 Å². The number of anilines is 1. The molecular formula is C18H22N4O3. The number of fused-ring (bicyclic) bond motifs is 1. The fraction of sp³-hybridized carbons (Fsp3) is 0.500.